The minimum Gasteiger partial charge on any atom is -0.505 e. The van der Waals surface area contributed by atoms with Gasteiger partial charge in [-0.3, -0.25) is 0 Å². The maximum absolute atomic E-state index is 12.0. The number of aliphatic hydroxyl groups is 1. The van der Waals surface area contributed by atoms with Gasteiger partial charge in [-0.15, -0.1) is 5.11 Å². The Balaban J connectivity index is 2.38. The van der Waals surface area contributed by atoms with E-state index in [4.69, 9.17) is 16.3 Å². The summed E-state index contributed by atoms with van der Waals surface area (Å²) >= 11 is 5.80. The van der Waals surface area contributed by atoms with Crippen molar-refractivity contribution in [3.63, 3.8) is 0 Å². The third-order valence-corrected chi connectivity index (χ3v) is 3.08. The van der Waals surface area contributed by atoms with Crippen molar-refractivity contribution in [2.75, 3.05) is 6.61 Å². The molecule has 6 heteroatoms. The van der Waals surface area contributed by atoms with E-state index in [2.05, 4.69) is 10.2 Å². The summed E-state index contributed by atoms with van der Waals surface area (Å²) in [4.78, 5) is 12.0. The van der Waals surface area contributed by atoms with Crippen molar-refractivity contribution in [2.24, 2.45) is 10.2 Å². The summed E-state index contributed by atoms with van der Waals surface area (Å²) in [5, 5.41) is 18.7. The van der Waals surface area contributed by atoms with Crippen LogP contribution in [0.4, 0.5) is 5.69 Å². The van der Waals surface area contributed by atoms with Gasteiger partial charge in [-0.25, -0.2) is 4.79 Å². The number of esters is 1. The molecule has 0 radical (unpaired) electrons. The first-order valence-electron chi connectivity index (χ1n) is 6.95. The number of carbonyl (C=O) groups is 1. The molecule has 0 heterocycles. The Kier molecular flexibility index (Phi) is 5.88. The average Bonchev–Trinajstić information content (AvgIpc) is 2.57. The van der Waals surface area contributed by atoms with Crippen LogP contribution in [0.2, 0.25) is 5.02 Å². The van der Waals surface area contributed by atoms with Gasteiger partial charge in [0.2, 0.25) is 5.70 Å². The fourth-order valence-corrected chi connectivity index (χ4v) is 1.86. The number of nitrogens with zero attached hydrogens (tertiary/aromatic N) is 2. The largest absolute Gasteiger partial charge is 0.505 e. The van der Waals surface area contributed by atoms with E-state index in [9.17, 15) is 9.90 Å². The molecular formula is C17H15ClN2O3. The third kappa shape index (κ3) is 4.66. The summed E-state index contributed by atoms with van der Waals surface area (Å²) in [5.74, 6) is -1.03. The molecule has 0 saturated heterocycles. The molecule has 0 aliphatic rings. The Morgan fingerprint density at radius 3 is 2.39 bits per heavy atom. The quantitative estimate of drug-likeness (QED) is 0.366. The van der Waals surface area contributed by atoms with Crippen molar-refractivity contribution in [1.29, 1.82) is 0 Å². The molecule has 0 fully saturated rings. The van der Waals surface area contributed by atoms with Crippen LogP contribution in [0, 0.1) is 0 Å². The van der Waals surface area contributed by atoms with Crippen LogP contribution in [-0.2, 0) is 9.53 Å². The number of benzene rings is 2. The second kappa shape index (κ2) is 8.10. The summed E-state index contributed by atoms with van der Waals surface area (Å²) in [6.07, 6.45) is 0. The summed E-state index contributed by atoms with van der Waals surface area (Å²) < 4.78 is 4.92. The van der Waals surface area contributed by atoms with E-state index in [-0.39, 0.29) is 18.1 Å². The number of azo groups is 1. The lowest BCUT2D eigenvalue weighted by Crippen LogP contribution is -2.08. The SMILES string of the molecule is CCOC(=O)/C(N=Nc1ccc(Cl)cc1)=C(/O)c1ccccc1. The van der Waals surface area contributed by atoms with Gasteiger partial charge in [0.05, 0.1) is 12.3 Å². The molecule has 0 amide bonds. The Labute approximate surface area is 138 Å². The maximum Gasteiger partial charge on any atom is 0.362 e. The lowest BCUT2D eigenvalue weighted by molar-refractivity contribution is -0.138. The molecule has 0 unspecified atom stereocenters. The number of aliphatic hydroxyl groups excluding tert-OH is 1. The van der Waals surface area contributed by atoms with Crippen molar-refractivity contribution >= 4 is 29.0 Å². The molecule has 0 atom stereocenters. The van der Waals surface area contributed by atoms with Gasteiger partial charge in [0.15, 0.2) is 5.76 Å². The Hall–Kier alpha value is -2.66. The Morgan fingerprint density at radius 1 is 1.13 bits per heavy atom. The molecule has 0 aliphatic carbocycles. The van der Waals surface area contributed by atoms with E-state index in [1.54, 1.807) is 61.5 Å². The van der Waals surface area contributed by atoms with E-state index in [1.165, 1.54) is 0 Å². The molecule has 0 saturated carbocycles. The molecular weight excluding hydrogens is 316 g/mol. The lowest BCUT2D eigenvalue weighted by atomic mass is 10.1. The standard InChI is InChI=1S/C17H15ClN2O3/c1-2-23-17(22)15(16(21)12-6-4-3-5-7-12)20-19-14-10-8-13(18)9-11-14/h3-11,21H,2H2,1H3/b16-15-,20-19?. The highest BCUT2D eigenvalue weighted by atomic mass is 35.5. The van der Waals surface area contributed by atoms with Crippen LogP contribution in [0.25, 0.3) is 5.76 Å². The van der Waals surface area contributed by atoms with Crippen molar-refractivity contribution in [3.05, 3.63) is 70.9 Å². The molecule has 0 spiro atoms. The summed E-state index contributed by atoms with van der Waals surface area (Å²) in [6.45, 7) is 1.84. The van der Waals surface area contributed by atoms with E-state index in [0.29, 0.717) is 16.3 Å². The topological polar surface area (TPSA) is 71.2 Å². The highest BCUT2D eigenvalue weighted by Gasteiger charge is 2.18. The number of hydrogen-bond donors (Lipinski definition) is 1. The van der Waals surface area contributed by atoms with Crippen molar-refractivity contribution in [1.82, 2.24) is 0 Å². The van der Waals surface area contributed by atoms with Gasteiger partial charge < -0.3 is 9.84 Å². The average molecular weight is 331 g/mol. The molecule has 1 N–H and O–H groups in total. The molecule has 2 aromatic carbocycles. The zero-order valence-corrected chi connectivity index (χ0v) is 13.2. The Bertz CT molecular complexity index is 725. The van der Waals surface area contributed by atoms with Crippen LogP contribution < -0.4 is 0 Å². The van der Waals surface area contributed by atoms with E-state index >= 15 is 0 Å². The van der Waals surface area contributed by atoms with Crippen molar-refractivity contribution in [3.8, 4) is 0 Å². The summed E-state index contributed by atoms with van der Waals surface area (Å²) in [5.41, 5.74) is 0.690. The highest BCUT2D eigenvalue weighted by molar-refractivity contribution is 6.30. The van der Waals surface area contributed by atoms with Gasteiger partial charge >= 0.3 is 5.97 Å². The molecule has 2 aromatic rings. The van der Waals surface area contributed by atoms with E-state index in [1.807, 2.05) is 0 Å². The van der Waals surface area contributed by atoms with Gasteiger partial charge in [-0.05, 0) is 31.2 Å². The van der Waals surface area contributed by atoms with E-state index in [0.717, 1.165) is 0 Å². The van der Waals surface area contributed by atoms with Crippen LogP contribution in [0.3, 0.4) is 0 Å². The van der Waals surface area contributed by atoms with Crippen LogP contribution in [0.5, 0.6) is 0 Å². The minimum atomic E-state index is -0.744. The zero-order valence-electron chi connectivity index (χ0n) is 12.4. The van der Waals surface area contributed by atoms with Gasteiger partial charge in [0.1, 0.15) is 0 Å². The third-order valence-electron chi connectivity index (χ3n) is 2.83. The second-order valence-corrected chi connectivity index (χ2v) is 4.90. The lowest BCUT2D eigenvalue weighted by Gasteiger charge is -2.05. The molecule has 118 valence electrons. The zero-order chi connectivity index (χ0) is 16.7. The molecule has 0 bridgehead atoms. The molecule has 23 heavy (non-hydrogen) atoms. The molecule has 5 nitrogen and oxygen atoms in total. The van der Waals surface area contributed by atoms with Gasteiger partial charge in [0.25, 0.3) is 0 Å². The highest BCUT2D eigenvalue weighted by Crippen LogP contribution is 2.22. The fourth-order valence-electron chi connectivity index (χ4n) is 1.73. The van der Waals surface area contributed by atoms with Crippen molar-refractivity contribution < 1.29 is 14.6 Å². The molecule has 2 rings (SSSR count). The second-order valence-electron chi connectivity index (χ2n) is 4.46. The monoisotopic (exact) mass is 330 g/mol. The normalized spacial score (nSPS) is 12.1. The number of hydrogen-bond acceptors (Lipinski definition) is 5. The predicted octanol–water partition coefficient (Wildman–Crippen LogP) is 4.91. The number of carbonyl (C=O) groups excluding carboxylic acids is 1. The van der Waals surface area contributed by atoms with Crippen LogP contribution >= 0.6 is 11.6 Å². The van der Waals surface area contributed by atoms with E-state index < -0.39 is 5.97 Å². The van der Waals surface area contributed by atoms with Gasteiger partial charge in [0, 0.05) is 10.6 Å². The maximum atomic E-state index is 12.0. The predicted molar refractivity (Wildman–Crippen MR) is 88.6 cm³/mol. The summed E-state index contributed by atoms with van der Waals surface area (Å²) in [6, 6.07) is 15.2. The van der Waals surface area contributed by atoms with Crippen LogP contribution in [0.15, 0.2) is 70.5 Å². The summed E-state index contributed by atoms with van der Waals surface area (Å²) in [7, 11) is 0. The van der Waals surface area contributed by atoms with Crippen LogP contribution in [-0.4, -0.2) is 17.7 Å². The first-order valence-corrected chi connectivity index (χ1v) is 7.32. The first kappa shape index (κ1) is 16.7. The van der Waals surface area contributed by atoms with Crippen LogP contribution in [0.1, 0.15) is 12.5 Å². The molecule has 0 aromatic heterocycles. The van der Waals surface area contributed by atoms with Crippen molar-refractivity contribution in [2.45, 2.75) is 6.92 Å². The van der Waals surface area contributed by atoms with Gasteiger partial charge in [-0.2, -0.15) is 5.11 Å². The number of ether oxygens (including phenoxy) is 1. The minimum absolute atomic E-state index is 0.168. The number of halogens is 1. The van der Waals surface area contributed by atoms with Gasteiger partial charge in [-0.1, -0.05) is 41.9 Å². The Morgan fingerprint density at radius 2 is 1.78 bits per heavy atom. The number of rotatable bonds is 5. The first-order chi connectivity index (χ1) is 11.1. The smallest absolute Gasteiger partial charge is 0.362 e. The fraction of sp³-hybridized carbons (Fsp3) is 0.118. The molecule has 0 aliphatic heterocycles.